The molecule has 0 heterocycles. The molecule has 0 fully saturated rings. The second-order valence-corrected chi connectivity index (χ2v) is 22.1. The van der Waals surface area contributed by atoms with E-state index in [2.05, 4.69) is 27.7 Å². The second-order valence-electron chi connectivity index (χ2n) is 16.2. The van der Waals surface area contributed by atoms with Crippen LogP contribution < -0.4 is 0 Å². The number of alkyl halides is 17. The monoisotopic (exact) mass is 982 g/mol. The van der Waals surface area contributed by atoms with Crippen molar-refractivity contribution in [1.82, 2.24) is 0 Å². The van der Waals surface area contributed by atoms with Crippen molar-refractivity contribution in [3.8, 4) is 0 Å². The molecule has 376 valence electrons. The predicted octanol–water partition coefficient (Wildman–Crippen LogP) is 16.9. The summed E-state index contributed by atoms with van der Waals surface area (Å²) in [6, 6.07) is 0. The standard InChI is InChI=1S/C32H68P.C8HF17O3S/c1-5-9-13-17-18-19-20-21-22-23-24-28-32-33(29-25-14-10-6-2,30-26-15-11-7-3)31-27-16-12-8-4;9-1(10,3(13,14)5(17,18)7(21,22)23)2(11,12)4(15,16)6(19,20)8(24,25)29(26,27)28/h5-32H2,1-4H3;(H,26,27,28)/q+1;/p-1. The summed E-state index contributed by atoms with van der Waals surface area (Å²) < 4.78 is 244. The van der Waals surface area contributed by atoms with Gasteiger partial charge in [-0.05, 0) is 51.4 Å². The van der Waals surface area contributed by atoms with Gasteiger partial charge >= 0.3 is 47.0 Å². The quantitative estimate of drug-likeness (QED) is 0.0275. The first-order valence-electron chi connectivity index (χ1n) is 21.8. The van der Waals surface area contributed by atoms with Gasteiger partial charge in [0.25, 0.3) is 0 Å². The first-order valence-corrected chi connectivity index (χ1v) is 25.7. The molecular weight excluding hydrogens is 914 g/mol. The van der Waals surface area contributed by atoms with E-state index in [0.717, 1.165) is 0 Å². The number of halogens is 17. The highest BCUT2D eigenvalue weighted by molar-refractivity contribution is 7.86. The van der Waals surface area contributed by atoms with E-state index in [1.165, 1.54) is 128 Å². The van der Waals surface area contributed by atoms with Gasteiger partial charge in [0, 0.05) is 7.26 Å². The summed E-state index contributed by atoms with van der Waals surface area (Å²) in [6.07, 6.45) is 34.2. The summed E-state index contributed by atoms with van der Waals surface area (Å²) in [5.74, 6) is -52.1. The minimum Gasteiger partial charge on any atom is -0.743 e. The molecule has 22 heteroatoms. The second kappa shape index (κ2) is 27.7. The molecule has 62 heavy (non-hydrogen) atoms. The highest BCUT2D eigenvalue weighted by atomic mass is 32.2. The Morgan fingerprint density at radius 3 is 0.742 bits per heavy atom. The zero-order valence-corrected chi connectivity index (χ0v) is 38.0. The summed E-state index contributed by atoms with van der Waals surface area (Å²) in [5.41, 5.74) is 0. The van der Waals surface area contributed by atoms with Crippen LogP contribution in [0.1, 0.15) is 182 Å². The smallest absolute Gasteiger partial charge is 0.460 e. The van der Waals surface area contributed by atoms with Gasteiger partial charge in [0.2, 0.25) is 0 Å². The number of rotatable bonds is 35. The van der Waals surface area contributed by atoms with Crippen molar-refractivity contribution in [2.24, 2.45) is 0 Å². The SMILES string of the molecule is CCCCCCCCCCCCCC[P+](CCCCCC)(CCCCCC)CCCCCC.O=S(=O)([O-])C(F)(F)C(F)(F)C(F)(F)C(F)(F)C(F)(F)C(F)(F)C(F)(F)C(F)(F)F. The van der Waals surface area contributed by atoms with Crippen LogP contribution in [0.25, 0.3) is 0 Å². The molecule has 0 saturated carbocycles. The molecule has 0 aliphatic carbocycles. The molecule has 0 aromatic carbocycles. The number of unbranched alkanes of at least 4 members (excludes halogenated alkanes) is 20. The molecule has 0 saturated heterocycles. The van der Waals surface area contributed by atoms with E-state index in [4.69, 9.17) is 0 Å². The summed E-state index contributed by atoms with van der Waals surface area (Å²) in [6.45, 7) is 9.41. The lowest BCUT2D eigenvalue weighted by molar-refractivity contribution is -0.458. The average molecular weight is 983 g/mol. The first kappa shape index (κ1) is 63.2. The Labute approximate surface area is 358 Å². The maximum atomic E-state index is 13.0. The predicted molar refractivity (Wildman–Crippen MR) is 210 cm³/mol. The molecule has 0 aliphatic heterocycles. The van der Waals surface area contributed by atoms with Crippen LogP contribution in [0.3, 0.4) is 0 Å². The van der Waals surface area contributed by atoms with Crippen LogP contribution in [0, 0.1) is 0 Å². The van der Waals surface area contributed by atoms with Crippen molar-refractivity contribution in [3.05, 3.63) is 0 Å². The summed E-state index contributed by atoms with van der Waals surface area (Å²) in [4.78, 5) is 0. The van der Waals surface area contributed by atoms with Gasteiger partial charge in [-0.1, -0.05) is 130 Å². The largest absolute Gasteiger partial charge is 0.743 e. The van der Waals surface area contributed by atoms with Crippen LogP contribution >= 0.6 is 7.26 Å². The van der Waals surface area contributed by atoms with Crippen LogP contribution in [0.15, 0.2) is 0 Å². The fraction of sp³-hybridized carbons (Fsp3) is 1.00. The Hall–Kier alpha value is -0.850. The molecule has 0 atom stereocenters. The number of hydrogen-bond acceptors (Lipinski definition) is 3. The van der Waals surface area contributed by atoms with Gasteiger partial charge < -0.3 is 4.55 Å². The van der Waals surface area contributed by atoms with Gasteiger partial charge in [0.15, 0.2) is 10.1 Å². The Morgan fingerprint density at radius 1 is 0.323 bits per heavy atom. The molecule has 0 radical (unpaired) electrons. The molecule has 0 amide bonds. The molecular formula is C40H68F17O3PS. The molecule has 0 rings (SSSR count). The van der Waals surface area contributed by atoms with Gasteiger partial charge in [-0.15, -0.1) is 0 Å². The first-order chi connectivity index (χ1) is 28.2. The molecule has 0 aromatic heterocycles. The van der Waals surface area contributed by atoms with Gasteiger partial charge in [0.1, 0.15) is 0 Å². The van der Waals surface area contributed by atoms with Crippen molar-refractivity contribution in [1.29, 1.82) is 0 Å². The van der Waals surface area contributed by atoms with Crippen molar-refractivity contribution in [2.45, 2.75) is 229 Å². The van der Waals surface area contributed by atoms with Crippen LogP contribution in [-0.4, -0.2) is 84.6 Å². The van der Waals surface area contributed by atoms with Gasteiger partial charge in [-0.3, -0.25) is 0 Å². The maximum absolute atomic E-state index is 13.0. The molecule has 0 aliphatic rings. The third-order valence-electron chi connectivity index (χ3n) is 11.0. The lowest BCUT2D eigenvalue weighted by Crippen LogP contribution is -2.75. The van der Waals surface area contributed by atoms with Crippen LogP contribution in [0.4, 0.5) is 74.6 Å². The van der Waals surface area contributed by atoms with Crippen LogP contribution in [0.5, 0.6) is 0 Å². The van der Waals surface area contributed by atoms with E-state index in [-0.39, 0.29) is 0 Å². The fourth-order valence-corrected chi connectivity index (χ4v) is 12.2. The van der Waals surface area contributed by atoms with E-state index in [1.807, 2.05) is 0 Å². The van der Waals surface area contributed by atoms with Crippen molar-refractivity contribution >= 4 is 17.4 Å². The maximum Gasteiger partial charge on any atom is 0.460 e. The van der Waals surface area contributed by atoms with E-state index >= 15 is 0 Å². The summed E-state index contributed by atoms with van der Waals surface area (Å²) in [7, 11) is -8.84. The molecule has 0 N–H and O–H groups in total. The zero-order valence-electron chi connectivity index (χ0n) is 36.3. The van der Waals surface area contributed by atoms with E-state index in [1.54, 1.807) is 50.3 Å². The van der Waals surface area contributed by atoms with E-state index in [9.17, 15) is 87.6 Å². The summed E-state index contributed by atoms with van der Waals surface area (Å²) >= 11 is 0. The van der Waals surface area contributed by atoms with Crippen molar-refractivity contribution < 1.29 is 87.6 Å². The third-order valence-corrected chi connectivity index (χ3v) is 16.9. The normalized spacial score (nSPS) is 14.3. The molecule has 0 bridgehead atoms. The molecule has 3 nitrogen and oxygen atoms in total. The van der Waals surface area contributed by atoms with Crippen LogP contribution in [-0.2, 0) is 10.1 Å². The molecule has 0 spiro atoms. The number of hydrogen-bond donors (Lipinski definition) is 0. The van der Waals surface area contributed by atoms with E-state index in [0.29, 0.717) is 0 Å². The Bertz CT molecular complexity index is 1270. The molecule has 0 aromatic rings. The fourth-order valence-electron chi connectivity index (χ4n) is 6.89. The van der Waals surface area contributed by atoms with Gasteiger partial charge in [-0.25, -0.2) is 8.42 Å². The third kappa shape index (κ3) is 17.4. The lowest BCUT2D eigenvalue weighted by Gasteiger charge is -2.42. The zero-order chi connectivity index (χ0) is 48.8. The average Bonchev–Trinajstić information content (AvgIpc) is 3.16. The highest BCUT2D eigenvalue weighted by Crippen LogP contribution is 2.65. The Balaban J connectivity index is 0. The van der Waals surface area contributed by atoms with E-state index < -0.39 is 64.3 Å². The van der Waals surface area contributed by atoms with Crippen molar-refractivity contribution in [2.75, 3.05) is 24.6 Å². The van der Waals surface area contributed by atoms with Crippen LogP contribution in [0.2, 0.25) is 0 Å². The minimum atomic E-state index is -8.92. The minimum absolute atomic E-state index is 0.697. The lowest BCUT2D eigenvalue weighted by atomic mass is 9.91. The Kier molecular flexibility index (Phi) is 28.3. The van der Waals surface area contributed by atoms with Gasteiger partial charge in [0.05, 0.1) is 24.6 Å². The highest BCUT2D eigenvalue weighted by Gasteiger charge is 2.95. The van der Waals surface area contributed by atoms with Gasteiger partial charge in [-0.2, -0.15) is 74.6 Å². The molecule has 0 unspecified atom stereocenters. The topological polar surface area (TPSA) is 57.2 Å². The summed E-state index contributed by atoms with van der Waals surface area (Å²) in [5, 5.41) is -7.95. The Morgan fingerprint density at radius 2 is 0.516 bits per heavy atom. The van der Waals surface area contributed by atoms with Crippen molar-refractivity contribution in [3.63, 3.8) is 0 Å².